The average molecular weight is 361 g/mol. The highest BCUT2D eigenvalue weighted by atomic mass is 32.1. The molecule has 7 heteroatoms. The molecule has 4 heterocycles. The Kier molecular flexibility index (Phi) is 5.14. The minimum Gasteiger partial charge on any atom is -0.381 e. The smallest absolute Gasteiger partial charge is 0.255 e. The molecule has 2 aliphatic heterocycles. The summed E-state index contributed by atoms with van der Waals surface area (Å²) in [5.41, 5.74) is 1.83. The lowest BCUT2D eigenvalue weighted by molar-refractivity contribution is 0.00433. The number of carbonyl (C=O) groups is 1. The summed E-state index contributed by atoms with van der Waals surface area (Å²) >= 11 is 1.55. The summed E-state index contributed by atoms with van der Waals surface area (Å²) in [6.45, 7) is 4.25. The van der Waals surface area contributed by atoms with Crippen molar-refractivity contribution in [2.45, 2.75) is 25.4 Å². The van der Waals surface area contributed by atoms with Crippen LogP contribution in [0.4, 0.5) is 0 Å². The minimum absolute atomic E-state index is 0.0705. The van der Waals surface area contributed by atoms with E-state index in [9.17, 15) is 4.79 Å². The predicted octanol–water partition coefficient (Wildman–Crippen LogP) is 2.58. The van der Waals surface area contributed by atoms with Gasteiger partial charge in [0.2, 0.25) is 0 Å². The SMILES string of the molecule is O=C(c1ccsc1)N1Cc2ccnn2[C@@H](COCC2CCOCC2)C1. The van der Waals surface area contributed by atoms with Gasteiger partial charge >= 0.3 is 0 Å². The molecular weight excluding hydrogens is 338 g/mol. The molecule has 2 aromatic heterocycles. The van der Waals surface area contributed by atoms with E-state index < -0.39 is 0 Å². The fraction of sp³-hybridized carbons (Fsp3) is 0.556. The molecule has 0 saturated carbocycles. The van der Waals surface area contributed by atoms with Gasteiger partial charge in [-0.05, 0) is 36.3 Å². The van der Waals surface area contributed by atoms with Gasteiger partial charge in [0.15, 0.2) is 0 Å². The molecule has 0 aliphatic carbocycles. The largest absolute Gasteiger partial charge is 0.381 e. The maximum absolute atomic E-state index is 12.7. The Bertz CT molecular complexity index is 694. The van der Waals surface area contributed by atoms with E-state index in [4.69, 9.17) is 9.47 Å². The second-order valence-corrected chi connectivity index (χ2v) is 7.49. The van der Waals surface area contributed by atoms with Gasteiger partial charge in [0, 0.05) is 37.9 Å². The zero-order valence-electron chi connectivity index (χ0n) is 14.2. The van der Waals surface area contributed by atoms with Crippen molar-refractivity contribution >= 4 is 17.2 Å². The highest BCUT2D eigenvalue weighted by molar-refractivity contribution is 7.08. The normalized spacial score (nSPS) is 21.3. The summed E-state index contributed by atoms with van der Waals surface area (Å²) in [5, 5.41) is 8.29. The molecule has 2 aliphatic rings. The Hall–Kier alpha value is -1.70. The number of thiophene rings is 1. The van der Waals surface area contributed by atoms with Gasteiger partial charge in [-0.1, -0.05) is 0 Å². The van der Waals surface area contributed by atoms with Crippen molar-refractivity contribution in [2.75, 3.05) is 33.0 Å². The van der Waals surface area contributed by atoms with Crippen LogP contribution in [0.5, 0.6) is 0 Å². The number of fused-ring (bicyclic) bond motifs is 1. The molecular formula is C18H23N3O3S. The fourth-order valence-electron chi connectivity index (χ4n) is 3.52. The van der Waals surface area contributed by atoms with Crippen LogP contribution in [0, 0.1) is 5.92 Å². The molecule has 1 saturated heterocycles. The standard InChI is InChI=1S/C18H23N3O3S/c22-18(15-4-8-25-13-15)20-9-16-1-5-19-21(16)17(10-20)12-24-11-14-2-6-23-7-3-14/h1,4-5,8,13-14,17H,2-3,6-7,9-12H2/t17-/m1/s1. The first-order valence-corrected chi connectivity index (χ1v) is 9.75. The first-order valence-electron chi connectivity index (χ1n) is 8.80. The number of amides is 1. The second kappa shape index (κ2) is 7.68. The van der Waals surface area contributed by atoms with E-state index in [1.54, 1.807) is 17.5 Å². The third-order valence-corrected chi connectivity index (χ3v) is 5.63. The molecule has 0 bridgehead atoms. The maximum Gasteiger partial charge on any atom is 0.255 e. The quantitative estimate of drug-likeness (QED) is 0.821. The second-order valence-electron chi connectivity index (χ2n) is 6.71. The summed E-state index contributed by atoms with van der Waals surface area (Å²) < 4.78 is 13.4. The number of hydrogen-bond acceptors (Lipinski definition) is 5. The number of nitrogens with zero attached hydrogens (tertiary/aromatic N) is 3. The Balaban J connectivity index is 1.39. The zero-order chi connectivity index (χ0) is 17.1. The van der Waals surface area contributed by atoms with E-state index in [-0.39, 0.29) is 11.9 Å². The van der Waals surface area contributed by atoms with Crippen LogP contribution >= 0.6 is 11.3 Å². The van der Waals surface area contributed by atoms with E-state index in [0.29, 0.717) is 25.6 Å². The summed E-state index contributed by atoms with van der Waals surface area (Å²) in [6, 6.07) is 3.94. The first kappa shape index (κ1) is 16.8. The topological polar surface area (TPSA) is 56.6 Å². The molecule has 25 heavy (non-hydrogen) atoms. The molecule has 0 spiro atoms. The summed E-state index contributed by atoms with van der Waals surface area (Å²) in [4.78, 5) is 14.6. The first-order chi connectivity index (χ1) is 12.3. The number of hydrogen-bond donors (Lipinski definition) is 0. The molecule has 1 amide bonds. The van der Waals surface area contributed by atoms with Gasteiger partial charge in [0.1, 0.15) is 0 Å². The minimum atomic E-state index is 0.0705. The Morgan fingerprint density at radius 3 is 3.00 bits per heavy atom. The van der Waals surface area contributed by atoms with Crippen LogP contribution in [0.15, 0.2) is 29.1 Å². The maximum atomic E-state index is 12.7. The third-order valence-electron chi connectivity index (χ3n) is 4.94. The van der Waals surface area contributed by atoms with Crippen LogP contribution < -0.4 is 0 Å². The van der Waals surface area contributed by atoms with Crippen LogP contribution in [0.2, 0.25) is 0 Å². The molecule has 0 N–H and O–H groups in total. The Morgan fingerprint density at radius 2 is 2.20 bits per heavy atom. The van der Waals surface area contributed by atoms with E-state index in [0.717, 1.165) is 43.9 Å². The fourth-order valence-corrected chi connectivity index (χ4v) is 4.15. The highest BCUT2D eigenvalue weighted by Crippen LogP contribution is 2.24. The highest BCUT2D eigenvalue weighted by Gasteiger charge is 2.29. The molecule has 6 nitrogen and oxygen atoms in total. The Morgan fingerprint density at radius 1 is 1.32 bits per heavy atom. The van der Waals surface area contributed by atoms with Gasteiger partial charge in [-0.2, -0.15) is 16.4 Å². The predicted molar refractivity (Wildman–Crippen MR) is 94.7 cm³/mol. The van der Waals surface area contributed by atoms with Gasteiger partial charge in [0.25, 0.3) is 5.91 Å². The number of rotatable bonds is 5. The van der Waals surface area contributed by atoms with Gasteiger partial charge in [-0.25, -0.2) is 0 Å². The molecule has 4 rings (SSSR count). The lowest BCUT2D eigenvalue weighted by Crippen LogP contribution is -2.42. The molecule has 2 aromatic rings. The summed E-state index contributed by atoms with van der Waals surface area (Å²) in [5.74, 6) is 0.668. The van der Waals surface area contributed by atoms with E-state index in [1.807, 2.05) is 32.5 Å². The van der Waals surface area contributed by atoms with E-state index in [1.165, 1.54) is 0 Å². The lowest BCUT2D eigenvalue weighted by Gasteiger charge is -2.34. The van der Waals surface area contributed by atoms with Crippen molar-refractivity contribution in [3.8, 4) is 0 Å². The van der Waals surface area contributed by atoms with Crippen LogP contribution in [0.3, 0.4) is 0 Å². The average Bonchev–Trinajstić information content (AvgIpc) is 3.33. The number of ether oxygens (including phenoxy) is 2. The Labute approximate surface area is 151 Å². The van der Waals surface area contributed by atoms with Crippen molar-refractivity contribution in [1.29, 1.82) is 0 Å². The third kappa shape index (κ3) is 3.78. The lowest BCUT2D eigenvalue weighted by atomic mass is 10.0. The molecule has 0 radical (unpaired) electrons. The van der Waals surface area contributed by atoms with Crippen LogP contribution in [0.25, 0.3) is 0 Å². The molecule has 1 atom stereocenters. The summed E-state index contributed by atoms with van der Waals surface area (Å²) in [6.07, 6.45) is 3.94. The van der Waals surface area contributed by atoms with Crippen molar-refractivity contribution < 1.29 is 14.3 Å². The molecule has 0 unspecified atom stereocenters. The molecule has 1 fully saturated rings. The van der Waals surface area contributed by atoms with Gasteiger partial charge in [-0.15, -0.1) is 0 Å². The molecule has 134 valence electrons. The van der Waals surface area contributed by atoms with Crippen molar-refractivity contribution in [3.05, 3.63) is 40.3 Å². The summed E-state index contributed by atoms with van der Waals surface area (Å²) in [7, 11) is 0. The van der Waals surface area contributed by atoms with Crippen molar-refractivity contribution in [2.24, 2.45) is 5.92 Å². The van der Waals surface area contributed by atoms with Gasteiger partial charge in [0.05, 0.1) is 30.5 Å². The van der Waals surface area contributed by atoms with E-state index in [2.05, 4.69) is 5.10 Å². The molecule has 0 aromatic carbocycles. The van der Waals surface area contributed by atoms with Crippen LogP contribution in [0.1, 0.15) is 34.9 Å². The number of aromatic nitrogens is 2. The number of carbonyl (C=O) groups excluding carboxylic acids is 1. The van der Waals surface area contributed by atoms with Crippen molar-refractivity contribution in [1.82, 2.24) is 14.7 Å². The monoisotopic (exact) mass is 361 g/mol. The van der Waals surface area contributed by atoms with Gasteiger partial charge < -0.3 is 14.4 Å². The van der Waals surface area contributed by atoms with E-state index >= 15 is 0 Å². The van der Waals surface area contributed by atoms with Crippen molar-refractivity contribution in [3.63, 3.8) is 0 Å². The zero-order valence-corrected chi connectivity index (χ0v) is 15.0. The van der Waals surface area contributed by atoms with Gasteiger partial charge in [-0.3, -0.25) is 9.48 Å². The van der Waals surface area contributed by atoms with Crippen LogP contribution in [-0.2, 0) is 16.0 Å². The van der Waals surface area contributed by atoms with Crippen LogP contribution in [-0.4, -0.2) is 53.6 Å².